The Morgan fingerprint density at radius 2 is 1.77 bits per heavy atom. The normalized spacial score (nSPS) is 11.7. The first-order valence-corrected chi connectivity index (χ1v) is 11.5. The number of sulfonamides is 1. The van der Waals surface area contributed by atoms with Crippen LogP contribution < -0.4 is 0 Å². The van der Waals surface area contributed by atoms with Crippen molar-refractivity contribution in [1.82, 2.24) is 13.9 Å². The van der Waals surface area contributed by atoms with Gasteiger partial charge in [0.05, 0.1) is 18.9 Å². The fraction of sp³-hybridized carbons (Fsp3) is 0.476. The van der Waals surface area contributed by atoms with Crippen LogP contribution in [0.2, 0.25) is 0 Å². The molecule has 0 saturated heterocycles. The van der Waals surface area contributed by atoms with Crippen molar-refractivity contribution in [1.29, 1.82) is 0 Å². The first-order valence-electron chi connectivity index (χ1n) is 9.94. The molecule has 0 atom stereocenters. The molecule has 0 spiro atoms. The minimum absolute atomic E-state index is 0.0712. The van der Waals surface area contributed by atoms with E-state index in [0.717, 1.165) is 5.56 Å². The molecule has 2 aromatic rings. The molecule has 0 aliphatic heterocycles. The Kier molecular flexibility index (Phi) is 7.91. The second-order valence-electron chi connectivity index (χ2n) is 6.85. The molecule has 0 amide bonds. The van der Waals surface area contributed by atoms with Gasteiger partial charge in [0.15, 0.2) is 5.78 Å². The Hall–Kier alpha value is -2.52. The number of aromatic nitrogens is 2. The maximum Gasteiger partial charge on any atom is 0.355 e. The minimum atomic E-state index is -3.63. The Morgan fingerprint density at radius 3 is 2.30 bits per heavy atom. The quantitative estimate of drug-likeness (QED) is 0.420. The van der Waals surface area contributed by atoms with E-state index in [1.165, 1.54) is 4.31 Å². The SMILES string of the molecule is CCOC(=O)c1c(C)c(C(=O)CN(Cc2ccncc2)S(=O)(=O)CC)c(C)n1CC. The monoisotopic (exact) mass is 435 g/mol. The van der Waals surface area contributed by atoms with Crippen LogP contribution in [0, 0.1) is 13.8 Å². The van der Waals surface area contributed by atoms with Gasteiger partial charge in [-0.1, -0.05) is 0 Å². The molecule has 0 bridgehead atoms. The van der Waals surface area contributed by atoms with Gasteiger partial charge in [0.1, 0.15) is 5.69 Å². The lowest BCUT2D eigenvalue weighted by atomic mass is 10.1. The van der Waals surface area contributed by atoms with Gasteiger partial charge >= 0.3 is 5.97 Å². The van der Waals surface area contributed by atoms with E-state index in [-0.39, 0.29) is 31.2 Å². The topological polar surface area (TPSA) is 98.6 Å². The molecule has 9 heteroatoms. The fourth-order valence-electron chi connectivity index (χ4n) is 3.53. The van der Waals surface area contributed by atoms with Crippen LogP contribution in [0.15, 0.2) is 24.5 Å². The van der Waals surface area contributed by atoms with Gasteiger partial charge < -0.3 is 9.30 Å². The lowest BCUT2D eigenvalue weighted by molar-refractivity contribution is 0.0512. The zero-order valence-electron chi connectivity index (χ0n) is 18.1. The lowest BCUT2D eigenvalue weighted by Gasteiger charge is -2.21. The van der Waals surface area contributed by atoms with Crippen LogP contribution in [0.25, 0.3) is 0 Å². The molecular weight excluding hydrogens is 406 g/mol. The van der Waals surface area contributed by atoms with Crippen molar-refractivity contribution in [3.05, 3.63) is 52.6 Å². The maximum absolute atomic E-state index is 13.2. The van der Waals surface area contributed by atoms with Crippen LogP contribution in [0.4, 0.5) is 0 Å². The van der Waals surface area contributed by atoms with E-state index in [9.17, 15) is 18.0 Å². The largest absolute Gasteiger partial charge is 0.461 e. The lowest BCUT2D eigenvalue weighted by Crippen LogP contribution is -2.36. The van der Waals surface area contributed by atoms with Crippen LogP contribution in [-0.2, 0) is 27.8 Å². The van der Waals surface area contributed by atoms with E-state index in [2.05, 4.69) is 4.98 Å². The summed E-state index contributed by atoms with van der Waals surface area (Å²) in [5.74, 6) is -0.962. The minimum Gasteiger partial charge on any atom is -0.461 e. The molecule has 0 unspecified atom stereocenters. The summed E-state index contributed by atoms with van der Waals surface area (Å²) in [5.41, 5.74) is 2.57. The summed E-state index contributed by atoms with van der Waals surface area (Å²) in [6, 6.07) is 3.43. The number of hydrogen-bond donors (Lipinski definition) is 0. The number of esters is 1. The summed E-state index contributed by atoms with van der Waals surface area (Å²) in [6.45, 7) is 9.07. The average molecular weight is 436 g/mol. The molecule has 8 nitrogen and oxygen atoms in total. The fourth-order valence-corrected chi connectivity index (χ4v) is 4.55. The van der Waals surface area contributed by atoms with E-state index in [1.54, 1.807) is 56.8 Å². The Balaban J connectivity index is 2.43. The van der Waals surface area contributed by atoms with Gasteiger partial charge in [-0.25, -0.2) is 13.2 Å². The molecule has 0 aliphatic rings. The second kappa shape index (κ2) is 9.99. The number of carbonyl (C=O) groups is 2. The summed E-state index contributed by atoms with van der Waals surface area (Å²) in [4.78, 5) is 29.6. The Morgan fingerprint density at radius 1 is 1.13 bits per heavy atom. The van der Waals surface area contributed by atoms with Crippen LogP contribution in [0.1, 0.15) is 58.4 Å². The zero-order valence-corrected chi connectivity index (χ0v) is 19.0. The van der Waals surface area contributed by atoms with E-state index >= 15 is 0 Å². The smallest absolute Gasteiger partial charge is 0.355 e. The summed E-state index contributed by atoms with van der Waals surface area (Å²) in [7, 11) is -3.63. The first kappa shape index (κ1) is 23.8. The molecule has 2 rings (SSSR count). The predicted molar refractivity (Wildman–Crippen MR) is 114 cm³/mol. The van der Waals surface area contributed by atoms with Crippen molar-refractivity contribution >= 4 is 21.8 Å². The summed E-state index contributed by atoms with van der Waals surface area (Å²) in [5, 5.41) is 0. The standard InChI is InChI=1S/C21H29N3O5S/c1-6-24-16(5)19(15(4)20(24)21(26)29-7-2)18(25)14-23(30(27,28)8-3)13-17-9-11-22-12-10-17/h9-12H,6-8,13-14H2,1-5H3. The molecule has 0 N–H and O–H groups in total. The second-order valence-corrected chi connectivity index (χ2v) is 9.10. The third-order valence-electron chi connectivity index (χ3n) is 5.02. The number of nitrogens with zero attached hydrogens (tertiary/aromatic N) is 3. The van der Waals surface area contributed by atoms with Gasteiger partial charge in [-0.3, -0.25) is 9.78 Å². The van der Waals surface area contributed by atoms with E-state index in [1.807, 2.05) is 6.92 Å². The van der Waals surface area contributed by atoms with Gasteiger partial charge in [-0.05, 0) is 57.9 Å². The van der Waals surface area contributed by atoms with Gasteiger partial charge in [0.25, 0.3) is 0 Å². The van der Waals surface area contributed by atoms with Crippen molar-refractivity contribution in [2.75, 3.05) is 18.9 Å². The van der Waals surface area contributed by atoms with Crippen molar-refractivity contribution < 1.29 is 22.7 Å². The molecule has 0 aliphatic carbocycles. The highest BCUT2D eigenvalue weighted by Crippen LogP contribution is 2.25. The number of hydrogen-bond acceptors (Lipinski definition) is 6. The molecule has 2 aromatic heterocycles. The molecular formula is C21H29N3O5S. The molecule has 0 aromatic carbocycles. The third kappa shape index (κ3) is 4.96. The predicted octanol–water partition coefficient (Wildman–Crippen LogP) is 2.73. The zero-order chi connectivity index (χ0) is 22.5. The van der Waals surface area contributed by atoms with Gasteiger partial charge in [-0.2, -0.15) is 4.31 Å². The van der Waals surface area contributed by atoms with Crippen molar-refractivity contribution in [3.63, 3.8) is 0 Å². The van der Waals surface area contributed by atoms with Crippen LogP contribution >= 0.6 is 0 Å². The molecule has 164 valence electrons. The summed E-state index contributed by atoms with van der Waals surface area (Å²) < 4.78 is 33.3. The Bertz CT molecular complexity index is 1010. The van der Waals surface area contributed by atoms with Crippen molar-refractivity contribution in [2.45, 2.75) is 47.7 Å². The summed E-state index contributed by atoms with van der Waals surface area (Å²) in [6.07, 6.45) is 3.16. The van der Waals surface area contributed by atoms with Crippen LogP contribution in [-0.4, -0.2) is 52.9 Å². The molecule has 0 fully saturated rings. The highest BCUT2D eigenvalue weighted by molar-refractivity contribution is 7.89. The number of ether oxygens (including phenoxy) is 1. The maximum atomic E-state index is 13.2. The van der Waals surface area contributed by atoms with E-state index < -0.39 is 16.0 Å². The number of pyridine rings is 1. The average Bonchev–Trinajstić information content (AvgIpc) is 2.97. The first-order chi connectivity index (χ1) is 14.2. The third-order valence-corrected chi connectivity index (χ3v) is 6.79. The number of ketones is 1. The number of carbonyl (C=O) groups excluding carboxylic acids is 2. The van der Waals surface area contributed by atoms with Crippen molar-refractivity contribution in [3.8, 4) is 0 Å². The van der Waals surface area contributed by atoms with Gasteiger partial charge in [0.2, 0.25) is 10.0 Å². The van der Waals surface area contributed by atoms with Gasteiger partial charge in [-0.15, -0.1) is 0 Å². The Labute approximate surface area is 177 Å². The number of rotatable bonds is 10. The highest BCUT2D eigenvalue weighted by Gasteiger charge is 2.30. The molecule has 30 heavy (non-hydrogen) atoms. The van der Waals surface area contributed by atoms with Crippen LogP contribution in [0.3, 0.4) is 0 Å². The molecule has 0 saturated carbocycles. The summed E-state index contributed by atoms with van der Waals surface area (Å²) >= 11 is 0. The van der Waals surface area contributed by atoms with Gasteiger partial charge in [0, 0.05) is 36.7 Å². The van der Waals surface area contributed by atoms with E-state index in [0.29, 0.717) is 29.1 Å². The number of Topliss-reactive ketones (excluding diaryl/α,β-unsaturated/α-hetero) is 1. The van der Waals surface area contributed by atoms with Crippen molar-refractivity contribution in [2.24, 2.45) is 0 Å². The highest BCUT2D eigenvalue weighted by atomic mass is 32.2. The molecule has 0 radical (unpaired) electrons. The molecule has 2 heterocycles. The van der Waals surface area contributed by atoms with E-state index in [4.69, 9.17) is 4.74 Å². The van der Waals surface area contributed by atoms with Crippen LogP contribution in [0.5, 0.6) is 0 Å².